The molecule has 148 valence electrons. The van der Waals surface area contributed by atoms with Gasteiger partial charge in [0.2, 0.25) is 5.95 Å². The fraction of sp³-hybridized carbons (Fsp3) is 0.111. The van der Waals surface area contributed by atoms with Crippen molar-refractivity contribution in [2.24, 2.45) is 12.2 Å². The number of aryl methyl sites for hydroxylation is 1. The summed E-state index contributed by atoms with van der Waals surface area (Å²) in [5.41, 5.74) is 2.84. The van der Waals surface area contributed by atoms with Gasteiger partial charge >= 0.3 is 0 Å². The normalized spacial score (nSPS) is 11.8. The minimum absolute atomic E-state index is 0.0466. The minimum Gasteiger partial charge on any atom is -0.409 e. The first-order valence-corrected chi connectivity index (χ1v) is 8.93. The predicted molar refractivity (Wildman–Crippen MR) is 108 cm³/mol. The zero-order valence-corrected chi connectivity index (χ0v) is 15.9. The van der Waals surface area contributed by atoms with E-state index in [0.717, 1.165) is 5.69 Å². The quantitative estimate of drug-likeness (QED) is 0.172. The number of amidine groups is 1. The largest absolute Gasteiger partial charge is 0.409 e. The summed E-state index contributed by atoms with van der Waals surface area (Å²) in [6.07, 6.45) is 3.40. The molecule has 3 aromatic heterocycles. The lowest BCUT2D eigenvalue weighted by Crippen LogP contribution is -2.14. The van der Waals surface area contributed by atoms with Gasteiger partial charge in [-0.1, -0.05) is 16.8 Å². The van der Waals surface area contributed by atoms with Gasteiger partial charge in [0.1, 0.15) is 5.82 Å². The molecule has 4 aromatic rings. The summed E-state index contributed by atoms with van der Waals surface area (Å²) in [4.78, 5) is 11.8. The summed E-state index contributed by atoms with van der Waals surface area (Å²) >= 11 is 5.81. The average molecular weight is 415 g/mol. The summed E-state index contributed by atoms with van der Waals surface area (Å²) in [5.74, 6) is 0.0796. The van der Waals surface area contributed by atoms with Crippen LogP contribution in [-0.4, -0.2) is 35.8 Å². The molecule has 4 N–H and O–H groups in total. The van der Waals surface area contributed by atoms with Gasteiger partial charge in [0.15, 0.2) is 11.5 Å². The Hall–Kier alpha value is -3.66. The highest BCUT2D eigenvalue weighted by molar-refractivity contribution is 6.31. The van der Waals surface area contributed by atoms with Crippen molar-refractivity contribution in [2.45, 2.75) is 6.54 Å². The van der Waals surface area contributed by atoms with Gasteiger partial charge in [-0.3, -0.25) is 4.68 Å². The number of hydrogen-bond donors (Lipinski definition) is 4. The third kappa shape index (κ3) is 3.97. The van der Waals surface area contributed by atoms with Crippen LogP contribution in [0.2, 0.25) is 5.02 Å². The maximum Gasteiger partial charge on any atom is 0.203 e. The lowest BCUT2D eigenvalue weighted by molar-refractivity contribution is 0.319. The van der Waals surface area contributed by atoms with Gasteiger partial charge in [-0.05, 0) is 30.3 Å². The van der Waals surface area contributed by atoms with E-state index in [1.165, 1.54) is 18.2 Å². The van der Waals surface area contributed by atoms with Crippen LogP contribution in [0.15, 0.2) is 47.9 Å². The summed E-state index contributed by atoms with van der Waals surface area (Å²) in [5, 5.41) is 23.2. The van der Waals surface area contributed by atoms with Crippen LogP contribution in [0.25, 0.3) is 11.2 Å². The van der Waals surface area contributed by atoms with Gasteiger partial charge in [-0.2, -0.15) is 10.1 Å². The molecule has 29 heavy (non-hydrogen) atoms. The highest BCUT2D eigenvalue weighted by Crippen LogP contribution is 2.22. The van der Waals surface area contributed by atoms with Gasteiger partial charge in [0.25, 0.3) is 0 Å². The number of nitrogens with zero attached hydrogens (tertiary/aromatic N) is 5. The number of rotatable bonds is 5. The van der Waals surface area contributed by atoms with Gasteiger partial charge in [0, 0.05) is 30.7 Å². The molecule has 0 saturated heterocycles. The molecule has 0 spiro atoms. The molecule has 0 amide bonds. The molecule has 0 aliphatic rings. The smallest absolute Gasteiger partial charge is 0.203 e. The van der Waals surface area contributed by atoms with Crippen LogP contribution in [0.5, 0.6) is 0 Å². The monoisotopic (exact) mass is 414 g/mol. The van der Waals surface area contributed by atoms with Crippen LogP contribution in [0.1, 0.15) is 11.3 Å². The summed E-state index contributed by atoms with van der Waals surface area (Å²) < 4.78 is 15.1. The molecular formula is C18H16ClFN8O. The molecule has 0 unspecified atom stereocenters. The Morgan fingerprint density at radius 2 is 2.21 bits per heavy atom. The lowest BCUT2D eigenvalue weighted by atomic mass is 10.2. The SMILES string of the molecule is Cn1ccc(CNc2nc3nccc(/C(=N\O)Nc4ccc(F)c(Cl)c4)c3[nH]2)n1. The van der Waals surface area contributed by atoms with Crippen molar-refractivity contribution in [2.75, 3.05) is 10.6 Å². The number of oxime groups is 1. The Kier molecular flexibility index (Phi) is 5.00. The van der Waals surface area contributed by atoms with E-state index in [0.29, 0.717) is 34.9 Å². The van der Waals surface area contributed by atoms with E-state index in [1.807, 2.05) is 19.3 Å². The van der Waals surface area contributed by atoms with Crippen LogP contribution < -0.4 is 10.6 Å². The minimum atomic E-state index is -0.539. The molecule has 0 radical (unpaired) electrons. The van der Waals surface area contributed by atoms with Crippen molar-refractivity contribution in [3.63, 3.8) is 0 Å². The Morgan fingerprint density at radius 1 is 1.34 bits per heavy atom. The van der Waals surface area contributed by atoms with Crippen LogP contribution in [0.3, 0.4) is 0 Å². The first-order valence-electron chi connectivity index (χ1n) is 8.55. The number of aromatic amines is 1. The Balaban J connectivity index is 1.60. The molecule has 4 rings (SSSR count). The maximum atomic E-state index is 13.4. The Labute approximate surface area is 169 Å². The van der Waals surface area contributed by atoms with Crippen LogP contribution in [0, 0.1) is 5.82 Å². The number of nitrogens with one attached hydrogen (secondary N) is 3. The van der Waals surface area contributed by atoms with E-state index in [9.17, 15) is 9.60 Å². The molecule has 3 heterocycles. The second kappa shape index (κ2) is 7.76. The van der Waals surface area contributed by atoms with Crippen molar-refractivity contribution < 1.29 is 9.60 Å². The number of fused-ring (bicyclic) bond motifs is 1. The molecule has 9 nitrogen and oxygen atoms in total. The number of imidazole rings is 1. The molecule has 1 aromatic carbocycles. The second-order valence-corrected chi connectivity index (χ2v) is 6.59. The summed E-state index contributed by atoms with van der Waals surface area (Å²) in [6.45, 7) is 0.475. The molecule has 0 fully saturated rings. The maximum absolute atomic E-state index is 13.4. The van der Waals surface area contributed by atoms with E-state index in [-0.39, 0.29) is 10.9 Å². The first-order chi connectivity index (χ1) is 14.0. The molecule has 0 bridgehead atoms. The third-order valence-electron chi connectivity index (χ3n) is 4.14. The van der Waals surface area contributed by atoms with Crippen molar-refractivity contribution in [3.8, 4) is 0 Å². The van der Waals surface area contributed by atoms with E-state index >= 15 is 0 Å². The van der Waals surface area contributed by atoms with Gasteiger partial charge in [-0.25, -0.2) is 9.37 Å². The number of halogens is 2. The molecule has 0 aliphatic carbocycles. The highest BCUT2D eigenvalue weighted by Gasteiger charge is 2.15. The fourth-order valence-corrected chi connectivity index (χ4v) is 2.96. The van der Waals surface area contributed by atoms with Crippen LogP contribution in [-0.2, 0) is 13.6 Å². The standard InChI is InChI=1S/C18H16ClFN8O/c1-28-7-5-11(26-28)9-22-18-24-15-12(4-6-21-17(15)25-18)16(27-29)23-10-2-3-14(20)13(19)8-10/h2-8,29H,9H2,1H3,(H,23,27)(H2,21,22,24,25). The van der Waals surface area contributed by atoms with E-state index in [1.54, 1.807) is 16.9 Å². The first kappa shape index (κ1) is 18.7. The highest BCUT2D eigenvalue weighted by atomic mass is 35.5. The topological polar surface area (TPSA) is 116 Å². The van der Waals surface area contributed by atoms with E-state index < -0.39 is 5.82 Å². The summed E-state index contributed by atoms with van der Waals surface area (Å²) in [6, 6.07) is 7.66. The van der Waals surface area contributed by atoms with Crippen LogP contribution >= 0.6 is 11.6 Å². The summed E-state index contributed by atoms with van der Waals surface area (Å²) in [7, 11) is 1.85. The molecule has 0 atom stereocenters. The predicted octanol–water partition coefficient (Wildman–Crippen LogP) is 3.34. The molecule has 0 aliphatic heterocycles. The third-order valence-corrected chi connectivity index (χ3v) is 4.42. The molecule has 0 saturated carbocycles. The average Bonchev–Trinajstić information content (AvgIpc) is 3.32. The Morgan fingerprint density at radius 3 is 2.93 bits per heavy atom. The molecular weight excluding hydrogens is 399 g/mol. The zero-order chi connectivity index (χ0) is 20.4. The van der Waals surface area contributed by atoms with E-state index in [4.69, 9.17) is 11.6 Å². The number of hydrogen-bond acceptors (Lipinski definition) is 6. The number of aromatic nitrogens is 5. The number of pyridine rings is 1. The second-order valence-electron chi connectivity index (χ2n) is 6.18. The van der Waals surface area contributed by atoms with E-state index in [2.05, 4.69) is 35.8 Å². The fourth-order valence-electron chi connectivity index (χ4n) is 2.78. The Bertz CT molecular complexity index is 1200. The van der Waals surface area contributed by atoms with Gasteiger partial charge < -0.3 is 20.8 Å². The van der Waals surface area contributed by atoms with Crippen LogP contribution in [0.4, 0.5) is 16.0 Å². The molecule has 11 heteroatoms. The van der Waals surface area contributed by atoms with Crippen molar-refractivity contribution in [3.05, 3.63) is 64.8 Å². The van der Waals surface area contributed by atoms with Gasteiger partial charge in [0.05, 0.1) is 22.8 Å². The number of H-pyrrole nitrogens is 1. The van der Waals surface area contributed by atoms with Crippen molar-refractivity contribution >= 4 is 40.2 Å². The number of benzene rings is 1. The lowest BCUT2D eigenvalue weighted by Gasteiger charge is -2.09. The number of anilines is 2. The van der Waals surface area contributed by atoms with Crippen molar-refractivity contribution in [1.29, 1.82) is 0 Å². The van der Waals surface area contributed by atoms with Crippen molar-refractivity contribution in [1.82, 2.24) is 24.7 Å². The van der Waals surface area contributed by atoms with Gasteiger partial charge in [-0.15, -0.1) is 0 Å². The zero-order valence-electron chi connectivity index (χ0n) is 15.2.